The van der Waals surface area contributed by atoms with Gasteiger partial charge in [0.25, 0.3) is 0 Å². The average molecular weight is 431 g/mol. The van der Waals surface area contributed by atoms with Gasteiger partial charge in [-0.2, -0.15) is 0 Å². The molecule has 12 N–H and O–H groups in total. The molecule has 0 saturated carbocycles. The van der Waals surface area contributed by atoms with Gasteiger partial charge in [-0.25, -0.2) is 4.79 Å². The van der Waals surface area contributed by atoms with Crippen molar-refractivity contribution >= 4 is 35.5 Å². The molecule has 14 heteroatoms. The summed E-state index contributed by atoms with van der Waals surface area (Å²) in [6.45, 7) is -0.203. The average Bonchev–Trinajstić information content (AvgIpc) is 2.63. The van der Waals surface area contributed by atoms with Crippen LogP contribution < -0.4 is 38.9 Å². The Morgan fingerprint density at radius 3 is 1.93 bits per heavy atom. The molecule has 3 atom stereocenters. The molecule has 0 aromatic carbocycles. The highest BCUT2D eigenvalue weighted by Gasteiger charge is 2.27. The summed E-state index contributed by atoms with van der Waals surface area (Å²) in [7, 11) is 0. The highest BCUT2D eigenvalue weighted by molar-refractivity contribution is 5.94. The number of nitrogens with two attached hydrogens (primary N) is 4. The first-order valence-electron chi connectivity index (χ1n) is 9.10. The summed E-state index contributed by atoms with van der Waals surface area (Å²) >= 11 is 0. The van der Waals surface area contributed by atoms with Gasteiger partial charge in [0.1, 0.15) is 12.1 Å². The second-order valence-electron chi connectivity index (χ2n) is 6.47. The Labute approximate surface area is 172 Å². The third-order valence-corrected chi connectivity index (χ3v) is 3.80. The molecule has 0 heterocycles. The van der Waals surface area contributed by atoms with Crippen LogP contribution in [0.4, 0.5) is 0 Å². The fraction of sp³-hybridized carbons (Fsp3) is 0.625. The third-order valence-electron chi connectivity index (χ3n) is 3.80. The Kier molecular flexibility index (Phi) is 12.3. The maximum Gasteiger partial charge on any atom is 0.326 e. The predicted octanol–water partition coefficient (Wildman–Crippen LogP) is -4.64. The number of rotatable bonds is 15. The number of carboxylic acid groups (broad SMARTS) is 1. The van der Waals surface area contributed by atoms with Crippen LogP contribution in [0.5, 0.6) is 0 Å². The molecule has 30 heavy (non-hydrogen) atoms. The van der Waals surface area contributed by atoms with Gasteiger partial charge < -0.3 is 44.0 Å². The van der Waals surface area contributed by atoms with Crippen LogP contribution in [-0.2, 0) is 28.8 Å². The van der Waals surface area contributed by atoms with Crippen LogP contribution in [0.3, 0.4) is 0 Å². The van der Waals surface area contributed by atoms with Gasteiger partial charge in [0.2, 0.25) is 29.5 Å². The van der Waals surface area contributed by atoms with Gasteiger partial charge in [0.15, 0.2) is 0 Å². The van der Waals surface area contributed by atoms with E-state index < -0.39 is 73.0 Å². The molecule has 0 aliphatic carbocycles. The number of carbonyl (C=O) groups is 6. The normalized spacial score (nSPS) is 13.4. The van der Waals surface area contributed by atoms with E-state index in [0.717, 1.165) is 0 Å². The lowest BCUT2D eigenvalue weighted by atomic mass is 10.1. The molecule has 0 fully saturated rings. The zero-order chi connectivity index (χ0) is 23.3. The number of hydrogen-bond donors (Lipinski definition) is 8. The Morgan fingerprint density at radius 1 is 0.833 bits per heavy atom. The Balaban J connectivity index is 4.93. The lowest BCUT2D eigenvalue weighted by Crippen LogP contribution is -2.54. The topological polar surface area (TPSA) is 263 Å². The standard InChI is InChI=1S/C16H29N7O7/c17-4-2-1-3-9(15(28)23-10(16(29)30)6-12(20)25)22-13(26)7-21-14(27)8(18)5-11(19)24/h8-10H,1-7,17-18H2,(H2,19,24)(H2,20,25)(H,21,27)(H,22,26)(H,23,28)(H,29,30). The number of aliphatic carboxylic acids is 1. The van der Waals surface area contributed by atoms with Crippen molar-refractivity contribution in [3.8, 4) is 0 Å². The molecule has 0 saturated heterocycles. The minimum Gasteiger partial charge on any atom is -0.480 e. The summed E-state index contributed by atoms with van der Waals surface area (Å²) in [6, 6.07) is -3.94. The lowest BCUT2D eigenvalue weighted by molar-refractivity contribution is -0.143. The van der Waals surface area contributed by atoms with E-state index in [4.69, 9.17) is 28.0 Å². The van der Waals surface area contributed by atoms with Crippen molar-refractivity contribution in [3.05, 3.63) is 0 Å². The molecule has 14 nitrogen and oxygen atoms in total. The van der Waals surface area contributed by atoms with E-state index >= 15 is 0 Å². The molecule has 0 radical (unpaired) electrons. The summed E-state index contributed by atoms with van der Waals surface area (Å²) in [4.78, 5) is 69.1. The Bertz CT molecular complexity index is 656. The minimum atomic E-state index is -1.56. The number of primary amides is 2. The molecule has 0 aliphatic rings. The van der Waals surface area contributed by atoms with E-state index in [0.29, 0.717) is 19.4 Å². The summed E-state index contributed by atoms with van der Waals surface area (Å²) in [5, 5.41) is 15.8. The first-order chi connectivity index (χ1) is 14.0. The molecule has 0 rings (SSSR count). The van der Waals surface area contributed by atoms with E-state index in [-0.39, 0.29) is 6.42 Å². The van der Waals surface area contributed by atoms with Gasteiger partial charge in [-0.05, 0) is 25.8 Å². The van der Waals surface area contributed by atoms with E-state index in [1.54, 1.807) is 0 Å². The van der Waals surface area contributed by atoms with Crippen molar-refractivity contribution in [2.75, 3.05) is 13.1 Å². The van der Waals surface area contributed by atoms with Crippen LogP contribution in [0.25, 0.3) is 0 Å². The lowest BCUT2D eigenvalue weighted by Gasteiger charge is -2.21. The van der Waals surface area contributed by atoms with Gasteiger partial charge in [-0.15, -0.1) is 0 Å². The van der Waals surface area contributed by atoms with Gasteiger partial charge in [0, 0.05) is 0 Å². The number of carboxylic acids is 1. The molecule has 0 aliphatic heterocycles. The Hall–Kier alpha value is -3.26. The smallest absolute Gasteiger partial charge is 0.326 e. The molecule has 170 valence electrons. The SMILES string of the molecule is NCCCCC(NC(=O)CNC(=O)C(N)CC(N)=O)C(=O)NC(CC(N)=O)C(=O)O. The van der Waals surface area contributed by atoms with Crippen LogP contribution in [0, 0.1) is 0 Å². The summed E-state index contributed by atoms with van der Waals surface area (Å²) < 4.78 is 0. The fourth-order valence-electron chi connectivity index (χ4n) is 2.29. The summed E-state index contributed by atoms with van der Waals surface area (Å²) in [5.41, 5.74) is 20.7. The third kappa shape index (κ3) is 11.6. The monoisotopic (exact) mass is 431 g/mol. The molecule has 0 aromatic rings. The second kappa shape index (κ2) is 13.8. The Morgan fingerprint density at radius 2 is 1.43 bits per heavy atom. The zero-order valence-electron chi connectivity index (χ0n) is 16.4. The van der Waals surface area contributed by atoms with Crippen LogP contribution in [-0.4, -0.2) is 71.8 Å². The van der Waals surface area contributed by atoms with Crippen LogP contribution in [0.15, 0.2) is 0 Å². The van der Waals surface area contributed by atoms with E-state index in [1.807, 2.05) is 0 Å². The highest BCUT2D eigenvalue weighted by Crippen LogP contribution is 2.03. The van der Waals surface area contributed by atoms with Crippen molar-refractivity contribution in [2.45, 2.75) is 50.2 Å². The van der Waals surface area contributed by atoms with Crippen LogP contribution >= 0.6 is 0 Å². The van der Waals surface area contributed by atoms with Gasteiger partial charge >= 0.3 is 5.97 Å². The number of hydrogen-bond acceptors (Lipinski definition) is 8. The second-order valence-corrected chi connectivity index (χ2v) is 6.47. The van der Waals surface area contributed by atoms with Gasteiger partial charge in [0.05, 0.1) is 25.4 Å². The molecule has 0 bridgehead atoms. The zero-order valence-corrected chi connectivity index (χ0v) is 16.4. The van der Waals surface area contributed by atoms with Crippen molar-refractivity contribution < 1.29 is 33.9 Å². The quantitative estimate of drug-likeness (QED) is 0.116. The van der Waals surface area contributed by atoms with Crippen molar-refractivity contribution in [3.63, 3.8) is 0 Å². The van der Waals surface area contributed by atoms with Crippen LogP contribution in [0.2, 0.25) is 0 Å². The van der Waals surface area contributed by atoms with Gasteiger partial charge in [-0.1, -0.05) is 0 Å². The molecular weight excluding hydrogens is 402 g/mol. The van der Waals surface area contributed by atoms with Crippen molar-refractivity contribution in [2.24, 2.45) is 22.9 Å². The molecule has 5 amide bonds. The first-order valence-corrected chi connectivity index (χ1v) is 9.10. The largest absolute Gasteiger partial charge is 0.480 e. The van der Waals surface area contributed by atoms with E-state index in [9.17, 15) is 28.8 Å². The number of amides is 5. The molecular formula is C16H29N7O7. The van der Waals surface area contributed by atoms with Crippen molar-refractivity contribution in [1.29, 1.82) is 0 Å². The summed E-state index contributed by atoms with van der Waals surface area (Å²) in [5.74, 6) is -5.58. The van der Waals surface area contributed by atoms with Crippen LogP contribution in [0.1, 0.15) is 32.1 Å². The van der Waals surface area contributed by atoms with Crippen molar-refractivity contribution in [1.82, 2.24) is 16.0 Å². The summed E-state index contributed by atoms with van der Waals surface area (Å²) in [6.07, 6.45) is 0.0828. The van der Waals surface area contributed by atoms with E-state index in [2.05, 4.69) is 16.0 Å². The maximum absolute atomic E-state index is 12.4. The highest BCUT2D eigenvalue weighted by atomic mass is 16.4. The molecule has 3 unspecified atom stereocenters. The predicted molar refractivity (Wildman–Crippen MR) is 103 cm³/mol. The van der Waals surface area contributed by atoms with Gasteiger partial charge in [-0.3, -0.25) is 24.0 Å². The first kappa shape index (κ1) is 26.7. The fourth-order valence-corrected chi connectivity index (χ4v) is 2.29. The molecule has 0 spiro atoms. The number of carbonyl (C=O) groups excluding carboxylic acids is 5. The number of unbranched alkanes of at least 4 members (excludes halogenated alkanes) is 1. The number of nitrogens with one attached hydrogen (secondary N) is 3. The minimum absolute atomic E-state index is 0.132. The van der Waals surface area contributed by atoms with E-state index in [1.165, 1.54) is 0 Å². The molecule has 0 aromatic heterocycles. The maximum atomic E-state index is 12.4.